The van der Waals surface area contributed by atoms with Crippen LogP contribution in [0.15, 0.2) is 0 Å². The molecule has 1 N–H and O–H groups in total. The zero-order chi connectivity index (χ0) is 10.4. The van der Waals surface area contributed by atoms with Crippen LogP contribution in [0.25, 0.3) is 0 Å². The number of hydrogen-bond donors (Lipinski definition) is 1. The normalized spacial score (nSPS) is 8.69. The number of terminal acetylenes is 1. The number of carboxylic acid groups (broad SMARTS) is 1. The van der Waals surface area contributed by atoms with E-state index in [-0.39, 0.29) is 13.1 Å². The van der Waals surface area contributed by atoms with E-state index in [0.717, 1.165) is 4.90 Å². The van der Waals surface area contributed by atoms with Gasteiger partial charge in [0.25, 0.3) is 0 Å². The Kier molecular flexibility index (Phi) is 4.38. The van der Waals surface area contributed by atoms with Gasteiger partial charge in [-0.3, -0.25) is 4.79 Å². The molecule has 0 heterocycles. The number of amides is 2. The lowest BCUT2D eigenvalue weighted by atomic mass is 10.5. The maximum atomic E-state index is 11.3. The van der Waals surface area contributed by atoms with E-state index >= 15 is 0 Å². The lowest BCUT2D eigenvalue weighted by Gasteiger charge is -2.22. The van der Waals surface area contributed by atoms with E-state index in [0.29, 0.717) is 0 Å². The van der Waals surface area contributed by atoms with Crippen LogP contribution < -0.4 is 0 Å². The van der Waals surface area contributed by atoms with E-state index in [1.54, 1.807) is 0 Å². The average molecular weight is 184 g/mol. The van der Waals surface area contributed by atoms with Crippen molar-refractivity contribution in [2.75, 3.05) is 27.2 Å². The molecule has 0 atom stereocenters. The van der Waals surface area contributed by atoms with Crippen LogP contribution >= 0.6 is 0 Å². The Morgan fingerprint density at radius 2 is 2.00 bits per heavy atom. The van der Waals surface area contributed by atoms with Gasteiger partial charge in [-0.25, -0.2) is 4.79 Å². The molecule has 0 aromatic heterocycles. The number of rotatable bonds is 3. The topological polar surface area (TPSA) is 60.9 Å². The lowest BCUT2D eigenvalue weighted by molar-refractivity contribution is -0.137. The van der Waals surface area contributed by atoms with Gasteiger partial charge < -0.3 is 14.9 Å². The Labute approximate surface area is 76.9 Å². The van der Waals surface area contributed by atoms with Crippen molar-refractivity contribution in [2.24, 2.45) is 0 Å². The van der Waals surface area contributed by atoms with Gasteiger partial charge >= 0.3 is 12.0 Å². The predicted molar refractivity (Wildman–Crippen MR) is 47.1 cm³/mol. The fourth-order valence-corrected chi connectivity index (χ4v) is 0.747. The van der Waals surface area contributed by atoms with Gasteiger partial charge in [-0.05, 0) is 0 Å². The highest BCUT2D eigenvalue weighted by atomic mass is 16.4. The molecule has 0 rings (SSSR count). The van der Waals surface area contributed by atoms with Crippen molar-refractivity contribution >= 4 is 12.0 Å². The summed E-state index contributed by atoms with van der Waals surface area (Å²) in [5, 5.41) is 8.46. The fraction of sp³-hybridized carbons (Fsp3) is 0.500. The Hall–Kier alpha value is -1.70. The summed E-state index contributed by atoms with van der Waals surface area (Å²) in [5.41, 5.74) is 0. The second-order valence-corrected chi connectivity index (χ2v) is 2.63. The first-order valence-corrected chi connectivity index (χ1v) is 3.60. The van der Waals surface area contributed by atoms with Crippen LogP contribution in [0.1, 0.15) is 0 Å². The minimum absolute atomic E-state index is 0.00329. The molecule has 0 saturated heterocycles. The van der Waals surface area contributed by atoms with Crippen LogP contribution in [0.2, 0.25) is 0 Å². The van der Waals surface area contributed by atoms with Gasteiger partial charge in [-0.2, -0.15) is 0 Å². The Bertz CT molecular complexity index is 242. The molecule has 0 aliphatic carbocycles. The van der Waals surface area contributed by atoms with Crippen molar-refractivity contribution in [1.29, 1.82) is 0 Å². The third kappa shape index (κ3) is 4.01. The molecule has 0 saturated carbocycles. The highest BCUT2D eigenvalue weighted by Crippen LogP contribution is 1.93. The number of aliphatic carboxylic acids is 1. The molecule has 0 bridgehead atoms. The van der Waals surface area contributed by atoms with Crippen LogP contribution in [-0.2, 0) is 4.79 Å². The van der Waals surface area contributed by atoms with Crippen molar-refractivity contribution in [3.8, 4) is 12.3 Å². The van der Waals surface area contributed by atoms with Crippen LogP contribution in [-0.4, -0.2) is 54.1 Å². The van der Waals surface area contributed by atoms with Gasteiger partial charge in [-0.15, -0.1) is 6.42 Å². The number of carbonyl (C=O) groups is 2. The minimum atomic E-state index is -1.08. The molecule has 72 valence electrons. The van der Waals surface area contributed by atoms with E-state index < -0.39 is 12.0 Å². The summed E-state index contributed by atoms with van der Waals surface area (Å²) in [6.07, 6.45) is 4.99. The van der Waals surface area contributed by atoms with Gasteiger partial charge in [0.2, 0.25) is 0 Å². The molecule has 0 spiro atoms. The quantitative estimate of drug-likeness (QED) is 0.612. The Morgan fingerprint density at radius 1 is 1.46 bits per heavy atom. The molecule has 0 aromatic rings. The summed E-state index contributed by atoms with van der Waals surface area (Å²) in [6, 6.07) is -0.402. The molecule has 2 amide bonds. The van der Waals surface area contributed by atoms with Crippen molar-refractivity contribution in [2.45, 2.75) is 0 Å². The van der Waals surface area contributed by atoms with E-state index in [4.69, 9.17) is 11.5 Å². The highest BCUT2D eigenvalue weighted by molar-refractivity contribution is 5.80. The molecule has 0 aliphatic rings. The average Bonchev–Trinajstić information content (AvgIpc) is 2.01. The van der Waals surface area contributed by atoms with E-state index in [1.165, 1.54) is 19.0 Å². The molecule has 0 radical (unpaired) electrons. The predicted octanol–water partition coefficient (Wildman–Crippen LogP) is -0.312. The van der Waals surface area contributed by atoms with Crippen LogP contribution in [0.5, 0.6) is 0 Å². The second kappa shape index (κ2) is 5.04. The third-order valence-corrected chi connectivity index (χ3v) is 1.26. The van der Waals surface area contributed by atoms with Crippen LogP contribution in [0.4, 0.5) is 4.79 Å². The fourth-order valence-electron chi connectivity index (χ4n) is 0.747. The molecule has 0 aliphatic heterocycles. The minimum Gasteiger partial charge on any atom is -0.480 e. The maximum absolute atomic E-state index is 11.3. The van der Waals surface area contributed by atoms with Gasteiger partial charge in [0.05, 0.1) is 6.54 Å². The number of nitrogens with zero attached hydrogens (tertiary/aromatic N) is 2. The number of carbonyl (C=O) groups excluding carboxylic acids is 1. The number of carboxylic acids is 1. The van der Waals surface area contributed by atoms with Crippen molar-refractivity contribution in [3.05, 3.63) is 0 Å². The molecule has 5 nitrogen and oxygen atoms in total. The lowest BCUT2D eigenvalue weighted by Crippen LogP contribution is -2.42. The molecular weight excluding hydrogens is 172 g/mol. The molecular formula is C8H12N2O3. The molecule has 13 heavy (non-hydrogen) atoms. The Morgan fingerprint density at radius 3 is 2.31 bits per heavy atom. The first-order valence-electron chi connectivity index (χ1n) is 3.60. The monoisotopic (exact) mass is 184 g/mol. The standard InChI is InChI=1S/C8H12N2O3/c1-4-5-10(6-7(11)12)8(13)9(2)3/h1H,5-6H2,2-3H3,(H,11,12). The molecule has 0 unspecified atom stereocenters. The van der Waals surface area contributed by atoms with Crippen molar-refractivity contribution in [1.82, 2.24) is 9.80 Å². The van der Waals surface area contributed by atoms with Crippen LogP contribution in [0, 0.1) is 12.3 Å². The van der Waals surface area contributed by atoms with Gasteiger partial charge in [0.1, 0.15) is 6.54 Å². The van der Waals surface area contributed by atoms with Crippen molar-refractivity contribution < 1.29 is 14.7 Å². The molecule has 5 heteroatoms. The highest BCUT2D eigenvalue weighted by Gasteiger charge is 2.16. The SMILES string of the molecule is C#CCN(CC(=O)O)C(=O)N(C)C. The molecule has 0 aromatic carbocycles. The van der Waals surface area contributed by atoms with E-state index in [2.05, 4.69) is 5.92 Å². The summed E-state index contributed by atoms with van der Waals surface area (Å²) < 4.78 is 0. The maximum Gasteiger partial charge on any atom is 0.323 e. The number of hydrogen-bond acceptors (Lipinski definition) is 2. The summed E-state index contributed by atoms with van der Waals surface area (Å²) in [6.45, 7) is -0.371. The zero-order valence-corrected chi connectivity index (χ0v) is 7.65. The second-order valence-electron chi connectivity index (χ2n) is 2.63. The number of urea groups is 1. The first-order chi connectivity index (χ1) is 5.99. The summed E-state index contributed by atoms with van der Waals surface area (Å²) in [4.78, 5) is 23.9. The first kappa shape index (κ1) is 11.3. The summed E-state index contributed by atoms with van der Waals surface area (Å²) in [5.74, 6) is 1.15. The third-order valence-electron chi connectivity index (χ3n) is 1.26. The smallest absolute Gasteiger partial charge is 0.323 e. The van der Waals surface area contributed by atoms with Crippen molar-refractivity contribution in [3.63, 3.8) is 0 Å². The Balaban J connectivity index is 4.34. The van der Waals surface area contributed by atoms with E-state index in [1.807, 2.05) is 0 Å². The zero-order valence-electron chi connectivity index (χ0n) is 7.65. The van der Waals surface area contributed by atoms with Gasteiger partial charge in [0, 0.05) is 14.1 Å². The van der Waals surface area contributed by atoms with Crippen LogP contribution in [0.3, 0.4) is 0 Å². The van der Waals surface area contributed by atoms with E-state index in [9.17, 15) is 9.59 Å². The summed E-state index contributed by atoms with van der Waals surface area (Å²) >= 11 is 0. The van der Waals surface area contributed by atoms with Gasteiger partial charge in [0.15, 0.2) is 0 Å². The largest absolute Gasteiger partial charge is 0.480 e. The summed E-state index contributed by atoms with van der Waals surface area (Å²) in [7, 11) is 3.07. The van der Waals surface area contributed by atoms with Gasteiger partial charge in [-0.1, -0.05) is 5.92 Å². The molecule has 0 fully saturated rings.